The fourth-order valence-corrected chi connectivity index (χ4v) is 3.88. The standard InChI is InChI=1S/C19H21NO/c1-21-14-11-10-13(12-14)20-19-17-8-4-2-6-15(17)16-7-3-5-9-18(16)19/h2-9,13-14,19-20H,10-12H2,1H3. The molecular formula is C19H21NO. The van der Waals surface area contributed by atoms with E-state index >= 15 is 0 Å². The van der Waals surface area contributed by atoms with Crippen molar-refractivity contribution < 1.29 is 4.74 Å². The van der Waals surface area contributed by atoms with E-state index in [1.54, 1.807) is 0 Å². The molecule has 2 aliphatic carbocycles. The van der Waals surface area contributed by atoms with Crippen LogP contribution in [0, 0.1) is 0 Å². The molecule has 108 valence electrons. The van der Waals surface area contributed by atoms with Crippen molar-refractivity contribution in [2.45, 2.75) is 37.5 Å². The molecule has 2 aromatic rings. The Bertz CT molecular complexity index is 606. The van der Waals surface area contributed by atoms with Crippen LogP contribution >= 0.6 is 0 Å². The fraction of sp³-hybridized carbons (Fsp3) is 0.368. The van der Waals surface area contributed by atoms with Crippen LogP contribution in [0.4, 0.5) is 0 Å². The lowest BCUT2D eigenvalue weighted by Crippen LogP contribution is -2.31. The minimum atomic E-state index is 0.331. The van der Waals surface area contributed by atoms with E-state index in [0.717, 1.165) is 6.42 Å². The zero-order chi connectivity index (χ0) is 14.2. The number of methoxy groups -OCH3 is 1. The highest BCUT2D eigenvalue weighted by Gasteiger charge is 2.32. The van der Waals surface area contributed by atoms with Crippen molar-refractivity contribution >= 4 is 0 Å². The van der Waals surface area contributed by atoms with Gasteiger partial charge in [0.25, 0.3) is 0 Å². The number of ether oxygens (including phenoxy) is 1. The molecule has 2 heteroatoms. The first-order valence-corrected chi connectivity index (χ1v) is 7.84. The van der Waals surface area contributed by atoms with Gasteiger partial charge in [-0.05, 0) is 41.5 Å². The topological polar surface area (TPSA) is 21.3 Å². The summed E-state index contributed by atoms with van der Waals surface area (Å²) in [7, 11) is 1.83. The Kier molecular flexibility index (Phi) is 3.28. The zero-order valence-electron chi connectivity index (χ0n) is 12.4. The zero-order valence-corrected chi connectivity index (χ0v) is 12.4. The van der Waals surface area contributed by atoms with Crippen molar-refractivity contribution in [3.05, 3.63) is 59.7 Å². The van der Waals surface area contributed by atoms with Crippen LogP contribution in [0.2, 0.25) is 0 Å². The smallest absolute Gasteiger partial charge is 0.0591 e. The van der Waals surface area contributed by atoms with Crippen molar-refractivity contribution in [3.8, 4) is 11.1 Å². The summed E-state index contributed by atoms with van der Waals surface area (Å²) in [6, 6.07) is 18.4. The second-order valence-electron chi connectivity index (χ2n) is 6.14. The molecule has 2 aliphatic rings. The Morgan fingerprint density at radius 2 is 1.52 bits per heavy atom. The molecule has 2 nitrogen and oxygen atoms in total. The van der Waals surface area contributed by atoms with Gasteiger partial charge in [-0.15, -0.1) is 0 Å². The summed E-state index contributed by atoms with van der Waals surface area (Å²) in [4.78, 5) is 0. The number of hydrogen-bond acceptors (Lipinski definition) is 2. The Morgan fingerprint density at radius 1 is 0.905 bits per heavy atom. The van der Waals surface area contributed by atoms with E-state index in [4.69, 9.17) is 4.74 Å². The molecule has 2 atom stereocenters. The number of rotatable bonds is 3. The molecule has 0 heterocycles. The first kappa shape index (κ1) is 13.1. The van der Waals surface area contributed by atoms with Gasteiger partial charge in [-0.25, -0.2) is 0 Å². The molecule has 0 aliphatic heterocycles. The molecule has 1 N–H and O–H groups in total. The minimum Gasteiger partial charge on any atom is -0.381 e. The van der Waals surface area contributed by atoms with Crippen LogP contribution < -0.4 is 5.32 Å². The number of benzene rings is 2. The van der Waals surface area contributed by atoms with E-state index in [1.165, 1.54) is 35.1 Å². The predicted octanol–water partition coefficient (Wildman–Crippen LogP) is 3.91. The molecule has 0 radical (unpaired) electrons. The van der Waals surface area contributed by atoms with Gasteiger partial charge in [-0.2, -0.15) is 0 Å². The molecule has 2 unspecified atom stereocenters. The molecule has 0 aromatic heterocycles. The van der Waals surface area contributed by atoms with Gasteiger partial charge in [0.1, 0.15) is 0 Å². The van der Waals surface area contributed by atoms with Crippen molar-refractivity contribution in [2.75, 3.05) is 7.11 Å². The molecule has 2 aromatic carbocycles. The van der Waals surface area contributed by atoms with Gasteiger partial charge < -0.3 is 10.1 Å². The largest absolute Gasteiger partial charge is 0.381 e. The molecule has 4 rings (SSSR count). The van der Waals surface area contributed by atoms with Crippen LogP contribution in [0.5, 0.6) is 0 Å². The first-order chi connectivity index (χ1) is 10.4. The fourth-order valence-electron chi connectivity index (χ4n) is 3.88. The second-order valence-corrected chi connectivity index (χ2v) is 6.14. The molecule has 0 bridgehead atoms. The maximum atomic E-state index is 5.50. The van der Waals surface area contributed by atoms with E-state index in [-0.39, 0.29) is 0 Å². The Hall–Kier alpha value is -1.64. The van der Waals surface area contributed by atoms with Gasteiger partial charge in [0.15, 0.2) is 0 Å². The highest BCUT2D eigenvalue weighted by atomic mass is 16.5. The molecule has 1 saturated carbocycles. The number of nitrogens with one attached hydrogen (secondary N) is 1. The maximum Gasteiger partial charge on any atom is 0.0591 e. The lowest BCUT2D eigenvalue weighted by molar-refractivity contribution is 0.106. The highest BCUT2D eigenvalue weighted by molar-refractivity contribution is 5.78. The van der Waals surface area contributed by atoms with Crippen molar-refractivity contribution in [1.82, 2.24) is 5.32 Å². The van der Waals surface area contributed by atoms with Crippen LogP contribution in [-0.4, -0.2) is 19.3 Å². The summed E-state index contributed by atoms with van der Waals surface area (Å²) in [5, 5.41) is 3.87. The average Bonchev–Trinajstić information content (AvgIpc) is 3.12. The number of fused-ring (bicyclic) bond motifs is 3. The lowest BCUT2D eigenvalue weighted by atomic mass is 10.0. The summed E-state index contributed by atoms with van der Waals surface area (Å²) >= 11 is 0. The van der Waals surface area contributed by atoms with Crippen LogP contribution in [0.1, 0.15) is 36.4 Å². The minimum absolute atomic E-state index is 0.331. The van der Waals surface area contributed by atoms with E-state index in [0.29, 0.717) is 18.2 Å². The van der Waals surface area contributed by atoms with E-state index in [9.17, 15) is 0 Å². The molecule has 0 saturated heterocycles. The summed E-state index contributed by atoms with van der Waals surface area (Å²) < 4.78 is 5.50. The molecule has 21 heavy (non-hydrogen) atoms. The van der Waals surface area contributed by atoms with Crippen molar-refractivity contribution in [1.29, 1.82) is 0 Å². The Morgan fingerprint density at radius 3 is 2.10 bits per heavy atom. The van der Waals surface area contributed by atoms with Crippen molar-refractivity contribution in [3.63, 3.8) is 0 Å². The molecule has 0 spiro atoms. The Labute approximate surface area is 126 Å². The third kappa shape index (κ3) is 2.19. The van der Waals surface area contributed by atoms with Gasteiger partial charge in [-0.3, -0.25) is 0 Å². The third-order valence-electron chi connectivity index (χ3n) is 4.95. The third-order valence-corrected chi connectivity index (χ3v) is 4.95. The highest BCUT2D eigenvalue weighted by Crippen LogP contribution is 2.43. The summed E-state index contributed by atoms with van der Waals surface area (Å²) in [5.41, 5.74) is 5.60. The van der Waals surface area contributed by atoms with Crippen LogP contribution in [0.15, 0.2) is 48.5 Å². The van der Waals surface area contributed by atoms with E-state index in [2.05, 4.69) is 53.8 Å². The van der Waals surface area contributed by atoms with Gasteiger partial charge in [0, 0.05) is 13.2 Å². The summed E-state index contributed by atoms with van der Waals surface area (Å²) in [6.45, 7) is 0. The van der Waals surface area contributed by atoms with E-state index in [1.807, 2.05) is 7.11 Å². The average molecular weight is 279 g/mol. The SMILES string of the molecule is COC1CCC(NC2c3ccccc3-c3ccccc32)C1. The van der Waals surface area contributed by atoms with Crippen LogP contribution in [0.25, 0.3) is 11.1 Å². The summed E-state index contributed by atoms with van der Waals surface area (Å²) in [5.74, 6) is 0. The van der Waals surface area contributed by atoms with Gasteiger partial charge in [-0.1, -0.05) is 48.5 Å². The first-order valence-electron chi connectivity index (χ1n) is 7.84. The normalized spacial score (nSPS) is 24.0. The number of hydrogen-bond donors (Lipinski definition) is 1. The van der Waals surface area contributed by atoms with Crippen molar-refractivity contribution in [2.24, 2.45) is 0 Å². The quantitative estimate of drug-likeness (QED) is 0.919. The molecule has 1 fully saturated rings. The molecule has 0 amide bonds. The predicted molar refractivity (Wildman–Crippen MR) is 85.3 cm³/mol. The van der Waals surface area contributed by atoms with Gasteiger partial charge in [0.05, 0.1) is 12.1 Å². The monoisotopic (exact) mass is 279 g/mol. The van der Waals surface area contributed by atoms with Gasteiger partial charge in [0.2, 0.25) is 0 Å². The maximum absolute atomic E-state index is 5.50. The van der Waals surface area contributed by atoms with E-state index < -0.39 is 0 Å². The lowest BCUT2D eigenvalue weighted by Gasteiger charge is -2.21. The summed E-state index contributed by atoms with van der Waals surface area (Å²) in [6.07, 6.45) is 3.93. The molecular weight excluding hydrogens is 258 g/mol. The van der Waals surface area contributed by atoms with Crippen LogP contribution in [0.3, 0.4) is 0 Å². The Balaban J connectivity index is 1.66. The second kappa shape index (κ2) is 5.28. The van der Waals surface area contributed by atoms with Gasteiger partial charge >= 0.3 is 0 Å². The van der Waals surface area contributed by atoms with Crippen LogP contribution in [-0.2, 0) is 4.74 Å².